The maximum Gasteiger partial charge on any atom is 0.323 e. The average Bonchev–Trinajstić information content (AvgIpc) is 2.76. The van der Waals surface area contributed by atoms with Crippen LogP contribution in [0.25, 0.3) is 0 Å². The first-order valence-electron chi connectivity index (χ1n) is 5.67. The van der Waals surface area contributed by atoms with Gasteiger partial charge in [0, 0.05) is 26.9 Å². The van der Waals surface area contributed by atoms with Gasteiger partial charge >= 0.3 is 5.97 Å². The monoisotopic (exact) mass is 231 g/mol. The van der Waals surface area contributed by atoms with Gasteiger partial charge in [0.2, 0.25) is 0 Å². The van der Waals surface area contributed by atoms with Crippen molar-refractivity contribution in [2.45, 2.75) is 37.8 Å². The van der Waals surface area contributed by atoms with E-state index in [4.69, 9.17) is 9.47 Å². The van der Waals surface area contributed by atoms with Gasteiger partial charge in [-0.1, -0.05) is 0 Å². The molecule has 0 aromatic rings. The van der Waals surface area contributed by atoms with Crippen LogP contribution >= 0.6 is 0 Å². The minimum atomic E-state index is -0.929. The Kier molecular flexibility index (Phi) is 5.18. The van der Waals surface area contributed by atoms with E-state index in [1.165, 1.54) is 0 Å². The van der Waals surface area contributed by atoms with Crippen LogP contribution in [0.3, 0.4) is 0 Å². The van der Waals surface area contributed by atoms with Crippen molar-refractivity contribution < 1.29 is 19.4 Å². The number of rotatable bonds is 7. The molecule has 1 aliphatic rings. The van der Waals surface area contributed by atoms with E-state index in [9.17, 15) is 9.90 Å². The summed E-state index contributed by atoms with van der Waals surface area (Å²) in [5.41, 5.74) is -0.929. The van der Waals surface area contributed by atoms with Crippen molar-refractivity contribution >= 4 is 5.97 Å². The molecule has 0 aliphatic carbocycles. The molecule has 0 bridgehead atoms. The minimum Gasteiger partial charge on any atom is -0.480 e. The number of carboxylic acid groups (broad SMARTS) is 1. The summed E-state index contributed by atoms with van der Waals surface area (Å²) in [6, 6.07) is 0. The third kappa shape index (κ3) is 3.73. The van der Waals surface area contributed by atoms with E-state index < -0.39 is 11.5 Å². The largest absolute Gasteiger partial charge is 0.480 e. The van der Waals surface area contributed by atoms with Gasteiger partial charge in [-0.15, -0.1) is 0 Å². The van der Waals surface area contributed by atoms with Crippen molar-refractivity contribution in [3.8, 4) is 0 Å². The highest BCUT2D eigenvalue weighted by atomic mass is 16.5. The van der Waals surface area contributed by atoms with Crippen LogP contribution in [0.4, 0.5) is 0 Å². The molecule has 1 aliphatic heterocycles. The zero-order valence-corrected chi connectivity index (χ0v) is 9.99. The number of nitrogens with one attached hydrogen (secondary N) is 1. The standard InChI is InChI=1S/C11H21NO4/c1-11(10(13)14,5-7-15-2)12-8-9-4-3-6-16-9/h9,12H,3-8H2,1-2H3,(H,13,14). The second-order valence-electron chi connectivity index (χ2n) is 4.40. The number of hydrogen-bond donors (Lipinski definition) is 2. The van der Waals surface area contributed by atoms with Crippen molar-refractivity contribution in [3.05, 3.63) is 0 Å². The van der Waals surface area contributed by atoms with E-state index in [1.54, 1.807) is 14.0 Å². The lowest BCUT2D eigenvalue weighted by Crippen LogP contribution is -2.52. The zero-order chi connectivity index (χ0) is 12.0. The van der Waals surface area contributed by atoms with Crippen LogP contribution < -0.4 is 5.32 Å². The van der Waals surface area contributed by atoms with Crippen LogP contribution in [0.15, 0.2) is 0 Å². The number of hydrogen-bond acceptors (Lipinski definition) is 4. The lowest BCUT2D eigenvalue weighted by molar-refractivity contribution is -0.145. The highest BCUT2D eigenvalue weighted by Crippen LogP contribution is 2.14. The van der Waals surface area contributed by atoms with Gasteiger partial charge < -0.3 is 14.6 Å². The van der Waals surface area contributed by atoms with Gasteiger partial charge in [0.25, 0.3) is 0 Å². The Hall–Kier alpha value is -0.650. The van der Waals surface area contributed by atoms with Gasteiger partial charge in [0.1, 0.15) is 5.54 Å². The third-order valence-corrected chi connectivity index (χ3v) is 3.02. The molecule has 5 heteroatoms. The fraction of sp³-hybridized carbons (Fsp3) is 0.909. The van der Waals surface area contributed by atoms with Gasteiger partial charge in [-0.2, -0.15) is 0 Å². The van der Waals surface area contributed by atoms with Crippen LogP contribution in [0, 0.1) is 0 Å². The molecule has 0 radical (unpaired) electrons. The summed E-state index contributed by atoms with van der Waals surface area (Å²) in [6.45, 7) is 3.49. The van der Waals surface area contributed by atoms with Gasteiger partial charge in [-0.05, 0) is 26.2 Å². The molecule has 1 heterocycles. The molecule has 2 atom stereocenters. The number of ether oxygens (including phenoxy) is 2. The number of methoxy groups -OCH3 is 1. The molecular weight excluding hydrogens is 210 g/mol. The SMILES string of the molecule is COCCC(C)(NCC1CCCO1)C(=O)O. The van der Waals surface area contributed by atoms with Crippen LogP contribution in [0.1, 0.15) is 26.2 Å². The first-order valence-corrected chi connectivity index (χ1v) is 5.67. The van der Waals surface area contributed by atoms with Crippen molar-refractivity contribution in [1.82, 2.24) is 5.32 Å². The normalized spacial score (nSPS) is 24.2. The maximum absolute atomic E-state index is 11.2. The topological polar surface area (TPSA) is 67.8 Å². The van der Waals surface area contributed by atoms with Crippen LogP contribution in [-0.2, 0) is 14.3 Å². The van der Waals surface area contributed by atoms with E-state index in [0.717, 1.165) is 19.4 Å². The summed E-state index contributed by atoms with van der Waals surface area (Å²) >= 11 is 0. The predicted octanol–water partition coefficient (Wildman–Crippen LogP) is 0.635. The summed E-state index contributed by atoms with van der Waals surface area (Å²) < 4.78 is 10.4. The number of carbonyl (C=O) groups is 1. The van der Waals surface area contributed by atoms with E-state index >= 15 is 0 Å². The van der Waals surface area contributed by atoms with Gasteiger partial charge in [0.05, 0.1) is 6.10 Å². The van der Waals surface area contributed by atoms with Gasteiger partial charge in [-0.3, -0.25) is 10.1 Å². The van der Waals surface area contributed by atoms with Crippen molar-refractivity contribution in [3.63, 3.8) is 0 Å². The summed E-state index contributed by atoms with van der Waals surface area (Å²) in [4.78, 5) is 11.2. The molecule has 1 saturated heterocycles. The lowest BCUT2D eigenvalue weighted by atomic mass is 9.98. The average molecular weight is 231 g/mol. The highest BCUT2D eigenvalue weighted by molar-refractivity contribution is 5.78. The first-order chi connectivity index (χ1) is 7.58. The zero-order valence-electron chi connectivity index (χ0n) is 9.99. The molecule has 0 aromatic carbocycles. The Morgan fingerprint density at radius 1 is 1.69 bits per heavy atom. The van der Waals surface area contributed by atoms with Gasteiger partial charge in [0.15, 0.2) is 0 Å². The Morgan fingerprint density at radius 2 is 2.44 bits per heavy atom. The van der Waals surface area contributed by atoms with E-state index in [-0.39, 0.29) is 6.10 Å². The second-order valence-corrected chi connectivity index (χ2v) is 4.40. The molecular formula is C11H21NO4. The molecule has 94 valence electrons. The Morgan fingerprint density at radius 3 is 2.94 bits per heavy atom. The molecule has 5 nitrogen and oxygen atoms in total. The van der Waals surface area contributed by atoms with E-state index in [1.807, 2.05) is 0 Å². The van der Waals surface area contributed by atoms with Crippen molar-refractivity contribution in [2.24, 2.45) is 0 Å². The molecule has 1 rings (SSSR count). The summed E-state index contributed by atoms with van der Waals surface area (Å²) in [5.74, 6) is -0.845. The molecule has 0 aromatic heterocycles. The van der Waals surface area contributed by atoms with Crippen molar-refractivity contribution in [2.75, 3.05) is 26.9 Å². The highest BCUT2D eigenvalue weighted by Gasteiger charge is 2.33. The Balaban J connectivity index is 2.39. The quantitative estimate of drug-likeness (QED) is 0.673. The minimum absolute atomic E-state index is 0.154. The third-order valence-electron chi connectivity index (χ3n) is 3.02. The molecule has 2 unspecified atom stereocenters. The Bertz CT molecular complexity index is 228. The van der Waals surface area contributed by atoms with E-state index in [0.29, 0.717) is 19.6 Å². The predicted molar refractivity (Wildman–Crippen MR) is 59.5 cm³/mol. The lowest BCUT2D eigenvalue weighted by Gasteiger charge is -2.27. The molecule has 0 spiro atoms. The molecule has 16 heavy (non-hydrogen) atoms. The molecule has 1 fully saturated rings. The van der Waals surface area contributed by atoms with Crippen LogP contribution in [0.5, 0.6) is 0 Å². The second kappa shape index (κ2) is 6.18. The molecule has 0 amide bonds. The Labute approximate surface area is 96.1 Å². The number of aliphatic carboxylic acids is 1. The van der Waals surface area contributed by atoms with Crippen LogP contribution in [-0.4, -0.2) is 49.6 Å². The summed E-state index contributed by atoms with van der Waals surface area (Å²) in [6.07, 6.45) is 2.67. The first kappa shape index (κ1) is 13.4. The maximum atomic E-state index is 11.2. The van der Waals surface area contributed by atoms with Gasteiger partial charge in [-0.25, -0.2) is 0 Å². The summed E-state index contributed by atoms with van der Waals surface area (Å²) in [7, 11) is 1.57. The summed E-state index contributed by atoms with van der Waals surface area (Å²) in [5, 5.41) is 12.2. The fourth-order valence-corrected chi connectivity index (χ4v) is 1.72. The number of carboxylic acids is 1. The van der Waals surface area contributed by atoms with Crippen molar-refractivity contribution in [1.29, 1.82) is 0 Å². The fourth-order valence-electron chi connectivity index (χ4n) is 1.72. The van der Waals surface area contributed by atoms with Crippen LogP contribution in [0.2, 0.25) is 0 Å². The molecule has 2 N–H and O–H groups in total. The smallest absolute Gasteiger partial charge is 0.323 e. The van der Waals surface area contributed by atoms with E-state index in [2.05, 4.69) is 5.32 Å². The molecule has 0 saturated carbocycles.